The number of esters is 4. The molecule has 0 aliphatic rings. The van der Waals surface area contributed by atoms with Crippen LogP contribution in [0, 0.1) is 11.8 Å². The maximum Gasteiger partial charge on any atom is 0.339 e. The van der Waals surface area contributed by atoms with E-state index in [0.29, 0.717) is 26.1 Å². The van der Waals surface area contributed by atoms with Crippen LogP contribution in [0.25, 0.3) is 0 Å². The lowest BCUT2D eigenvalue weighted by molar-refractivity contribution is -0.149. The van der Waals surface area contributed by atoms with Gasteiger partial charge in [-0.25, -0.2) is 9.59 Å². The molecule has 0 aliphatic carbocycles. The van der Waals surface area contributed by atoms with Crippen LogP contribution in [0.4, 0.5) is 0 Å². The van der Waals surface area contributed by atoms with Gasteiger partial charge in [-0.05, 0) is 87.5 Å². The summed E-state index contributed by atoms with van der Waals surface area (Å²) >= 11 is 3.50. The lowest BCUT2D eigenvalue weighted by atomic mass is 9.98. The Hall–Kier alpha value is -2.20. The predicted molar refractivity (Wildman–Crippen MR) is 207 cm³/mol. The molecular weight excluding hydrogens is 673 g/mol. The Morgan fingerprint density at radius 1 is 0.500 bits per heavy atom. The molecular formula is C40H66O8S2. The fraction of sp³-hybridized carbons (Fsp3) is 0.750. The van der Waals surface area contributed by atoms with E-state index in [1.165, 1.54) is 38.5 Å². The lowest BCUT2D eigenvalue weighted by Gasteiger charge is -2.15. The van der Waals surface area contributed by atoms with Gasteiger partial charge in [0.15, 0.2) is 0 Å². The number of ether oxygens (including phenoxy) is 4. The van der Waals surface area contributed by atoms with Crippen molar-refractivity contribution in [1.29, 1.82) is 0 Å². The van der Waals surface area contributed by atoms with E-state index in [1.54, 1.807) is 47.8 Å². The van der Waals surface area contributed by atoms with Gasteiger partial charge in [0.05, 0.1) is 49.4 Å². The summed E-state index contributed by atoms with van der Waals surface area (Å²) in [5.41, 5.74) is 0.408. The number of hydrogen-bond donors (Lipinski definition) is 0. The molecule has 286 valence electrons. The first-order chi connectivity index (χ1) is 24.4. The van der Waals surface area contributed by atoms with Crippen molar-refractivity contribution in [2.75, 3.05) is 49.4 Å². The summed E-state index contributed by atoms with van der Waals surface area (Å²) < 4.78 is 21.6. The zero-order valence-electron chi connectivity index (χ0n) is 31.5. The molecule has 0 saturated heterocycles. The molecule has 1 rings (SSSR count). The van der Waals surface area contributed by atoms with Crippen LogP contribution in [0.15, 0.2) is 24.3 Å². The minimum atomic E-state index is -0.537. The number of thioether (sulfide) groups is 2. The van der Waals surface area contributed by atoms with E-state index in [0.717, 1.165) is 74.4 Å². The molecule has 2 atom stereocenters. The number of rotatable bonds is 32. The summed E-state index contributed by atoms with van der Waals surface area (Å²) in [6.45, 7) is 9.40. The van der Waals surface area contributed by atoms with Crippen molar-refractivity contribution in [2.24, 2.45) is 11.8 Å². The molecule has 0 aliphatic heterocycles. The third-order valence-corrected chi connectivity index (χ3v) is 10.7. The molecule has 50 heavy (non-hydrogen) atoms. The highest BCUT2D eigenvalue weighted by Crippen LogP contribution is 2.22. The number of carbonyl (C=O) groups excluding carboxylic acids is 4. The second-order valence-electron chi connectivity index (χ2n) is 12.6. The highest BCUT2D eigenvalue weighted by atomic mass is 32.2. The maximum absolute atomic E-state index is 12.8. The molecule has 0 N–H and O–H groups in total. The second kappa shape index (κ2) is 31.5. The fourth-order valence-electron chi connectivity index (χ4n) is 5.57. The normalized spacial score (nSPS) is 12.2. The van der Waals surface area contributed by atoms with Crippen LogP contribution >= 0.6 is 23.5 Å². The summed E-state index contributed by atoms with van der Waals surface area (Å²) in [4.78, 5) is 50.5. The van der Waals surface area contributed by atoms with Crippen molar-refractivity contribution >= 4 is 47.4 Å². The smallest absolute Gasteiger partial charge is 0.339 e. The molecule has 0 aromatic heterocycles. The Morgan fingerprint density at radius 2 is 0.900 bits per heavy atom. The Balaban J connectivity index is 2.35. The van der Waals surface area contributed by atoms with Gasteiger partial charge in [-0.2, -0.15) is 23.5 Å². The third-order valence-electron chi connectivity index (χ3n) is 8.47. The molecule has 0 saturated carbocycles. The van der Waals surface area contributed by atoms with Crippen molar-refractivity contribution in [3.8, 4) is 0 Å². The average molecular weight is 739 g/mol. The van der Waals surface area contributed by atoms with Gasteiger partial charge in [0.2, 0.25) is 0 Å². The van der Waals surface area contributed by atoms with Gasteiger partial charge in [0.25, 0.3) is 0 Å². The predicted octanol–water partition coefficient (Wildman–Crippen LogP) is 10.1. The monoisotopic (exact) mass is 738 g/mol. The molecule has 0 bridgehead atoms. The molecule has 0 amide bonds. The first-order valence-corrected chi connectivity index (χ1v) is 21.6. The number of benzene rings is 1. The van der Waals surface area contributed by atoms with Gasteiger partial charge >= 0.3 is 23.9 Å². The first kappa shape index (κ1) is 45.8. The van der Waals surface area contributed by atoms with Crippen molar-refractivity contribution in [3.63, 3.8) is 0 Å². The summed E-state index contributed by atoms with van der Waals surface area (Å²) in [6, 6.07) is 6.59. The van der Waals surface area contributed by atoms with E-state index in [-0.39, 0.29) is 48.1 Å². The van der Waals surface area contributed by atoms with Crippen LogP contribution in [-0.4, -0.2) is 73.3 Å². The van der Waals surface area contributed by atoms with E-state index in [2.05, 4.69) is 13.8 Å². The molecule has 1 aromatic rings. The summed E-state index contributed by atoms with van der Waals surface area (Å²) in [5, 5.41) is 0. The van der Waals surface area contributed by atoms with Crippen LogP contribution in [-0.2, 0) is 28.5 Å². The average Bonchev–Trinajstić information content (AvgIpc) is 3.12. The molecule has 10 heteroatoms. The van der Waals surface area contributed by atoms with Crippen molar-refractivity contribution < 1.29 is 38.1 Å². The summed E-state index contributed by atoms with van der Waals surface area (Å²) in [7, 11) is 0. The highest BCUT2D eigenvalue weighted by molar-refractivity contribution is 7.99. The summed E-state index contributed by atoms with van der Waals surface area (Å²) in [6.07, 6.45) is 16.4. The van der Waals surface area contributed by atoms with Crippen LogP contribution in [0.3, 0.4) is 0 Å². The third kappa shape index (κ3) is 21.9. The maximum atomic E-state index is 12.8. The van der Waals surface area contributed by atoms with Gasteiger partial charge in [-0.3, -0.25) is 9.59 Å². The van der Waals surface area contributed by atoms with E-state index in [1.807, 2.05) is 13.8 Å². The Labute approximate surface area is 311 Å². The van der Waals surface area contributed by atoms with Crippen LogP contribution in [0.5, 0.6) is 0 Å². The number of unbranched alkanes of at least 4 members (excludes halogenated alkanes) is 8. The van der Waals surface area contributed by atoms with Crippen LogP contribution < -0.4 is 0 Å². The highest BCUT2D eigenvalue weighted by Gasteiger charge is 2.21. The minimum absolute atomic E-state index is 0.0535. The van der Waals surface area contributed by atoms with E-state index < -0.39 is 11.9 Å². The quantitative estimate of drug-likeness (QED) is 0.0403. The Kier molecular flexibility index (Phi) is 28.9. The molecule has 0 spiro atoms. The topological polar surface area (TPSA) is 105 Å². The Morgan fingerprint density at radius 3 is 1.28 bits per heavy atom. The van der Waals surface area contributed by atoms with Gasteiger partial charge < -0.3 is 18.9 Å². The lowest BCUT2D eigenvalue weighted by Crippen LogP contribution is -2.19. The van der Waals surface area contributed by atoms with Crippen LogP contribution in [0.1, 0.15) is 151 Å². The van der Waals surface area contributed by atoms with Gasteiger partial charge in [0.1, 0.15) is 0 Å². The van der Waals surface area contributed by atoms with Crippen molar-refractivity contribution in [3.05, 3.63) is 35.4 Å². The standard InChI is InChI=1S/C40H66O8S2/c1-5-9-11-13-15-21-33(37(41)45-7-3)25-31-49-29-19-27-47-39(43)35-23-17-18-24-36(35)40(44)48-28-20-30-50-32-26-34(38(42)46-8-4)22-16-14-12-10-6-2/h17-18,23-24,33-34H,5-16,19-22,25-32H2,1-4H3. The SMILES string of the molecule is CCCCCCCC(CCSCCCOC(=O)c1ccccc1C(=O)OCCCSCCC(CCCCCCC)C(=O)OCC)C(=O)OCC. The molecule has 2 unspecified atom stereocenters. The molecule has 0 fully saturated rings. The molecule has 1 aromatic carbocycles. The zero-order chi connectivity index (χ0) is 36.7. The van der Waals surface area contributed by atoms with Crippen LogP contribution in [0.2, 0.25) is 0 Å². The van der Waals surface area contributed by atoms with Crippen molar-refractivity contribution in [2.45, 2.75) is 130 Å². The van der Waals surface area contributed by atoms with E-state index in [9.17, 15) is 19.2 Å². The number of carbonyl (C=O) groups is 4. The van der Waals surface area contributed by atoms with Gasteiger partial charge in [-0.15, -0.1) is 0 Å². The largest absolute Gasteiger partial charge is 0.466 e. The molecule has 0 radical (unpaired) electrons. The number of hydrogen-bond acceptors (Lipinski definition) is 10. The Bertz CT molecular complexity index is 969. The van der Waals surface area contributed by atoms with E-state index >= 15 is 0 Å². The van der Waals surface area contributed by atoms with Gasteiger partial charge in [0, 0.05) is 0 Å². The summed E-state index contributed by atoms with van der Waals surface area (Å²) in [5.74, 6) is 1.97. The van der Waals surface area contributed by atoms with E-state index in [4.69, 9.17) is 18.9 Å². The second-order valence-corrected chi connectivity index (χ2v) is 15.1. The fourth-order valence-corrected chi connectivity index (χ4v) is 7.53. The molecule has 0 heterocycles. The van der Waals surface area contributed by atoms with Crippen molar-refractivity contribution in [1.82, 2.24) is 0 Å². The molecule has 8 nitrogen and oxygen atoms in total. The minimum Gasteiger partial charge on any atom is -0.466 e. The van der Waals surface area contributed by atoms with Gasteiger partial charge in [-0.1, -0.05) is 90.2 Å². The first-order valence-electron chi connectivity index (χ1n) is 19.3. The zero-order valence-corrected chi connectivity index (χ0v) is 33.2.